The molecule has 6 heteroatoms. The lowest BCUT2D eigenvalue weighted by molar-refractivity contribution is -0.0705. The standard InChI is InChI=1S/C22H32N4OS/c1-16-9-10-28-21(16)12-25-22(23-4)24-11-19-7-5-6-8-20(19)15-26-13-17(2)27-18(3)14-26/h5-10,17-18H,11-15H2,1-4H3,(H2,23,24,25). The molecule has 1 saturated heterocycles. The molecule has 0 aliphatic carbocycles. The summed E-state index contributed by atoms with van der Waals surface area (Å²) in [7, 11) is 1.82. The fraction of sp³-hybridized carbons (Fsp3) is 0.500. The van der Waals surface area contributed by atoms with Crippen molar-refractivity contribution in [3.05, 3.63) is 57.3 Å². The molecule has 1 aromatic heterocycles. The highest BCUT2D eigenvalue weighted by atomic mass is 32.1. The number of guanidine groups is 1. The SMILES string of the molecule is CN=C(NCc1ccccc1CN1CC(C)OC(C)C1)NCc1sccc1C. The van der Waals surface area contributed by atoms with Gasteiger partial charge in [-0.25, -0.2) is 0 Å². The molecule has 5 nitrogen and oxygen atoms in total. The molecule has 2 heterocycles. The molecule has 2 N–H and O–H groups in total. The molecule has 0 amide bonds. The summed E-state index contributed by atoms with van der Waals surface area (Å²) in [6.45, 7) is 10.9. The van der Waals surface area contributed by atoms with E-state index in [2.05, 4.69) is 77.0 Å². The number of aliphatic imine (C=N–C) groups is 1. The fourth-order valence-electron chi connectivity index (χ4n) is 3.69. The Morgan fingerprint density at radius 2 is 1.79 bits per heavy atom. The molecule has 1 aromatic carbocycles. The Balaban J connectivity index is 1.57. The number of nitrogens with zero attached hydrogens (tertiary/aromatic N) is 2. The molecule has 0 saturated carbocycles. The average molecular weight is 401 g/mol. The predicted molar refractivity (Wildman–Crippen MR) is 118 cm³/mol. The van der Waals surface area contributed by atoms with E-state index in [1.165, 1.54) is 21.6 Å². The lowest BCUT2D eigenvalue weighted by Gasteiger charge is -2.35. The Kier molecular flexibility index (Phi) is 7.48. The molecule has 1 aliphatic heterocycles. The van der Waals surface area contributed by atoms with Gasteiger partial charge >= 0.3 is 0 Å². The molecule has 0 bridgehead atoms. The summed E-state index contributed by atoms with van der Waals surface area (Å²) < 4.78 is 5.87. The molecular weight excluding hydrogens is 368 g/mol. The summed E-state index contributed by atoms with van der Waals surface area (Å²) in [5.74, 6) is 0.830. The molecule has 2 unspecified atom stereocenters. The summed E-state index contributed by atoms with van der Waals surface area (Å²) in [6.07, 6.45) is 0.579. The van der Waals surface area contributed by atoms with Gasteiger partial charge in [-0.3, -0.25) is 9.89 Å². The Morgan fingerprint density at radius 3 is 2.43 bits per heavy atom. The van der Waals surface area contributed by atoms with Crippen molar-refractivity contribution in [1.29, 1.82) is 0 Å². The number of hydrogen-bond acceptors (Lipinski definition) is 4. The average Bonchev–Trinajstić information content (AvgIpc) is 3.07. The number of aryl methyl sites for hydroxylation is 1. The third kappa shape index (κ3) is 5.80. The number of rotatable bonds is 6. The molecule has 3 rings (SSSR count). The van der Waals surface area contributed by atoms with E-state index in [4.69, 9.17) is 4.74 Å². The minimum Gasteiger partial charge on any atom is -0.373 e. The van der Waals surface area contributed by atoms with Crippen LogP contribution in [-0.4, -0.2) is 43.2 Å². The summed E-state index contributed by atoms with van der Waals surface area (Å²) in [4.78, 5) is 8.21. The van der Waals surface area contributed by atoms with Crippen molar-refractivity contribution in [2.24, 2.45) is 4.99 Å². The van der Waals surface area contributed by atoms with Crippen LogP contribution in [0.25, 0.3) is 0 Å². The van der Waals surface area contributed by atoms with E-state index >= 15 is 0 Å². The molecular formula is C22H32N4OS. The van der Waals surface area contributed by atoms with Crippen LogP contribution in [0.1, 0.15) is 35.4 Å². The van der Waals surface area contributed by atoms with E-state index in [1.807, 2.05) is 7.05 Å². The van der Waals surface area contributed by atoms with Gasteiger partial charge in [-0.2, -0.15) is 0 Å². The third-order valence-corrected chi connectivity index (χ3v) is 6.09. The number of benzene rings is 1. The van der Waals surface area contributed by atoms with Gasteiger partial charge in [-0.15, -0.1) is 11.3 Å². The first-order valence-corrected chi connectivity index (χ1v) is 10.8. The lowest BCUT2D eigenvalue weighted by atomic mass is 10.1. The molecule has 2 aromatic rings. The maximum atomic E-state index is 5.87. The highest BCUT2D eigenvalue weighted by Crippen LogP contribution is 2.17. The number of nitrogens with one attached hydrogen (secondary N) is 2. The molecule has 1 fully saturated rings. The molecule has 0 radical (unpaired) electrons. The second-order valence-corrected chi connectivity index (χ2v) is 8.53. The van der Waals surface area contributed by atoms with Gasteiger partial charge < -0.3 is 15.4 Å². The second kappa shape index (κ2) is 10.0. The summed E-state index contributed by atoms with van der Waals surface area (Å²) >= 11 is 1.78. The zero-order valence-corrected chi connectivity index (χ0v) is 18.2. The van der Waals surface area contributed by atoms with E-state index < -0.39 is 0 Å². The number of thiophene rings is 1. The summed E-state index contributed by atoms with van der Waals surface area (Å²) in [5.41, 5.74) is 4.00. The van der Waals surface area contributed by atoms with Crippen LogP contribution in [0.5, 0.6) is 0 Å². The van der Waals surface area contributed by atoms with E-state index in [9.17, 15) is 0 Å². The second-order valence-electron chi connectivity index (χ2n) is 7.53. The van der Waals surface area contributed by atoms with Crippen molar-refractivity contribution in [3.8, 4) is 0 Å². The van der Waals surface area contributed by atoms with Crippen LogP contribution in [0, 0.1) is 6.92 Å². The number of hydrogen-bond donors (Lipinski definition) is 2. The highest BCUT2D eigenvalue weighted by Gasteiger charge is 2.22. The number of morpholine rings is 1. The van der Waals surface area contributed by atoms with E-state index in [-0.39, 0.29) is 12.2 Å². The first kappa shape index (κ1) is 20.8. The number of ether oxygens (including phenoxy) is 1. The van der Waals surface area contributed by atoms with Crippen LogP contribution in [0.2, 0.25) is 0 Å². The maximum absolute atomic E-state index is 5.87. The van der Waals surface area contributed by atoms with Gasteiger partial charge in [0.05, 0.1) is 18.8 Å². The first-order chi connectivity index (χ1) is 13.5. The smallest absolute Gasteiger partial charge is 0.191 e. The van der Waals surface area contributed by atoms with Crippen LogP contribution >= 0.6 is 11.3 Å². The molecule has 2 atom stereocenters. The summed E-state index contributed by atoms with van der Waals surface area (Å²) in [6, 6.07) is 10.8. The largest absolute Gasteiger partial charge is 0.373 e. The van der Waals surface area contributed by atoms with E-state index in [0.29, 0.717) is 0 Å². The van der Waals surface area contributed by atoms with Crippen LogP contribution in [0.3, 0.4) is 0 Å². The van der Waals surface area contributed by atoms with Gasteiger partial charge in [0.2, 0.25) is 0 Å². The Morgan fingerprint density at radius 1 is 1.11 bits per heavy atom. The zero-order valence-electron chi connectivity index (χ0n) is 17.4. The quantitative estimate of drug-likeness (QED) is 0.575. The van der Waals surface area contributed by atoms with Crippen molar-refractivity contribution >= 4 is 17.3 Å². The molecule has 1 aliphatic rings. The van der Waals surface area contributed by atoms with Gasteiger partial charge in [0, 0.05) is 38.1 Å². The third-order valence-electron chi connectivity index (χ3n) is 5.06. The van der Waals surface area contributed by atoms with E-state index in [0.717, 1.165) is 38.7 Å². The van der Waals surface area contributed by atoms with Crippen molar-refractivity contribution < 1.29 is 4.74 Å². The molecule has 0 spiro atoms. The highest BCUT2D eigenvalue weighted by molar-refractivity contribution is 7.10. The van der Waals surface area contributed by atoms with Crippen LogP contribution in [0.4, 0.5) is 0 Å². The zero-order chi connectivity index (χ0) is 19.9. The van der Waals surface area contributed by atoms with Gasteiger partial charge in [0.15, 0.2) is 5.96 Å². The predicted octanol–water partition coefficient (Wildman–Crippen LogP) is 3.53. The van der Waals surface area contributed by atoms with Gasteiger partial charge in [0.1, 0.15) is 0 Å². The van der Waals surface area contributed by atoms with Crippen molar-refractivity contribution in [2.45, 2.75) is 52.6 Å². The fourth-order valence-corrected chi connectivity index (χ4v) is 4.53. The Hall–Kier alpha value is -1.89. The normalized spacial score (nSPS) is 20.9. The Bertz CT molecular complexity index is 778. The van der Waals surface area contributed by atoms with Crippen LogP contribution < -0.4 is 10.6 Å². The molecule has 152 valence electrons. The minimum absolute atomic E-state index is 0.290. The minimum atomic E-state index is 0.290. The lowest BCUT2D eigenvalue weighted by Crippen LogP contribution is -2.45. The van der Waals surface area contributed by atoms with Crippen molar-refractivity contribution in [3.63, 3.8) is 0 Å². The Labute approximate surface area is 172 Å². The van der Waals surface area contributed by atoms with Crippen molar-refractivity contribution in [1.82, 2.24) is 15.5 Å². The maximum Gasteiger partial charge on any atom is 0.191 e. The van der Waals surface area contributed by atoms with Gasteiger partial charge in [-0.05, 0) is 48.9 Å². The van der Waals surface area contributed by atoms with E-state index in [1.54, 1.807) is 11.3 Å². The molecule has 28 heavy (non-hydrogen) atoms. The van der Waals surface area contributed by atoms with Crippen molar-refractivity contribution in [2.75, 3.05) is 20.1 Å². The monoisotopic (exact) mass is 400 g/mol. The topological polar surface area (TPSA) is 48.9 Å². The van der Waals surface area contributed by atoms with Crippen LogP contribution in [0.15, 0.2) is 40.7 Å². The van der Waals surface area contributed by atoms with Gasteiger partial charge in [-0.1, -0.05) is 24.3 Å². The van der Waals surface area contributed by atoms with Crippen LogP contribution in [-0.2, 0) is 24.4 Å². The van der Waals surface area contributed by atoms with Gasteiger partial charge in [0.25, 0.3) is 0 Å². The first-order valence-electron chi connectivity index (χ1n) is 9.97. The summed E-state index contributed by atoms with van der Waals surface area (Å²) in [5, 5.41) is 9.01.